The van der Waals surface area contributed by atoms with Crippen molar-refractivity contribution in [3.8, 4) is 0 Å². The summed E-state index contributed by atoms with van der Waals surface area (Å²) < 4.78 is 9.42. The Hall–Kier alpha value is -3.02. The van der Waals surface area contributed by atoms with Crippen LogP contribution in [0.25, 0.3) is 0 Å². The summed E-state index contributed by atoms with van der Waals surface area (Å²) in [6, 6.07) is 15.1. The molecule has 0 aliphatic rings. The average molecular weight is 370 g/mol. The zero-order valence-corrected chi connectivity index (χ0v) is 16.1. The third-order valence-corrected chi connectivity index (χ3v) is 4.19. The van der Waals surface area contributed by atoms with Crippen molar-refractivity contribution in [3.63, 3.8) is 0 Å². The highest BCUT2D eigenvalue weighted by Gasteiger charge is 2.13. The molecule has 6 nitrogen and oxygen atoms in total. The normalized spacial score (nSPS) is 12.6. The molecule has 2 aromatic rings. The Morgan fingerprint density at radius 2 is 1.07 bits per heavy atom. The van der Waals surface area contributed by atoms with Crippen LogP contribution in [0.3, 0.4) is 0 Å². The molecule has 2 atom stereocenters. The van der Waals surface area contributed by atoms with Gasteiger partial charge in [0.25, 0.3) is 0 Å². The fourth-order valence-corrected chi connectivity index (χ4v) is 2.64. The van der Waals surface area contributed by atoms with Crippen molar-refractivity contribution < 1.29 is 19.1 Å². The Morgan fingerprint density at radius 1 is 0.741 bits per heavy atom. The molecular weight excluding hydrogens is 344 g/mol. The summed E-state index contributed by atoms with van der Waals surface area (Å²) in [6.45, 7) is 3.52. The molecule has 2 rings (SSSR count). The number of hydrogen-bond donors (Lipinski definition) is 2. The first-order valence-electron chi connectivity index (χ1n) is 8.79. The first kappa shape index (κ1) is 20.3. The highest BCUT2D eigenvalue weighted by molar-refractivity contribution is 5.79. The van der Waals surface area contributed by atoms with Crippen molar-refractivity contribution in [1.29, 1.82) is 0 Å². The lowest BCUT2D eigenvalue weighted by Gasteiger charge is -2.14. The van der Waals surface area contributed by atoms with E-state index in [4.69, 9.17) is 9.47 Å². The van der Waals surface area contributed by atoms with Crippen molar-refractivity contribution in [2.24, 2.45) is 0 Å². The Balaban J connectivity index is 1.93. The standard InChI is InChI=1S/C21H26N2O4/c1-14(20(24)26-3)22-18-9-5-16(6-10-18)13-17-7-11-19(12-8-17)23-15(2)21(25)27-4/h5-12,14-15,22-23H,13H2,1-4H3. The van der Waals surface area contributed by atoms with Crippen LogP contribution < -0.4 is 10.6 Å². The molecule has 0 amide bonds. The predicted octanol–water partition coefficient (Wildman–Crippen LogP) is 3.22. The first-order valence-corrected chi connectivity index (χ1v) is 8.79. The van der Waals surface area contributed by atoms with Crippen LogP contribution in [0, 0.1) is 0 Å². The Kier molecular flexibility index (Phi) is 7.23. The quantitative estimate of drug-likeness (QED) is 0.695. The summed E-state index contributed by atoms with van der Waals surface area (Å²) in [5.41, 5.74) is 4.06. The maximum atomic E-state index is 11.5. The van der Waals surface area contributed by atoms with Gasteiger partial charge in [0.05, 0.1) is 14.2 Å². The maximum Gasteiger partial charge on any atom is 0.327 e. The second-order valence-electron chi connectivity index (χ2n) is 6.35. The van der Waals surface area contributed by atoms with Crippen LogP contribution in [0.1, 0.15) is 25.0 Å². The molecule has 2 aromatic carbocycles. The van der Waals surface area contributed by atoms with Gasteiger partial charge in [-0.15, -0.1) is 0 Å². The summed E-state index contributed by atoms with van der Waals surface area (Å²) in [5.74, 6) is -0.594. The summed E-state index contributed by atoms with van der Waals surface area (Å²) in [6.07, 6.45) is 0.791. The highest BCUT2D eigenvalue weighted by Crippen LogP contribution is 2.17. The molecule has 0 aromatic heterocycles. The average Bonchev–Trinajstić information content (AvgIpc) is 2.69. The number of anilines is 2. The van der Waals surface area contributed by atoms with Gasteiger partial charge in [-0.2, -0.15) is 0 Å². The molecule has 6 heteroatoms. The molecule has 0 saturated carbocycles. The van der Waals surface area contributed by atoms with E-state index in [-0.39, 0.29) is 11.9 Å². The van der Waals surface area contributed by atoms with Gasteiger partial charge >= 0.3 is 11.9 Å². The number of benzene rings is 2. The molecule has 0 saturated heterocycles. The minimum Gasteiger partial charge on any atom is -0.467 e. The number of ether oxygens (including phenoxy) is 2. The monoisotopic (exact) mass is 370 g/mol. The van der Waals surface area contributed by atoms with E-state index in [1.54, 1.807) is 13.8 Å². The van der Waals surface area contributed by atoms with Gasteiger partial charge in [-0.3, -0.25) is 0 Å². The van der Waals surface area contributed by atoms with Gasteiger partial charge in [-0.1, -0.05) is 24.3 Å². The van der Waals surface area contributed by atoms with Gasteiger partial charge in [0.15, 0.2) is 0 Å². The second kappa shape index (κ2) is 9.62. The Morgan fingerprint density at radius 3 is 1.37 bits per heavy atom. The van der Waals surface area contributed by atoms with Crippen LogP contribution in [0.15, 0.2) is 48.5 Å². The number of carbonyl (C=O) groups excluding carboxylic acids is 2. The second-order valence-corrected chi connectivity index (χ2v) is 6.35. The fraction of sp³-hybridized carbons (Fsp3) is 0.333. The molecule has 2 N–H and O–H groups in total. The van der Waals surface area contributed by atoms with E-state index in [9.17, 15) is 9.59 Å². The Bertz CT molecular complexity index is 691. The van der Waals surface area contributed by atoms with Gasteiger partial charge in [0, 0.05) is 11.4 Å². The molecule has 0 heterocycles. The van der Waals surface area contributed by atoms with E-state index in [0.29, 0.717) is 0 Å². The third-order valence-electron chi connectivity index (χ3n) is 4.19. The zero-order chi connectivity index (χ0) is 19.8. The highest BCUT2D eigenvalue weighted by atomic mass is 16.5. The summed E-state index contributed by atoms with van der Waals surface area (Å²) >= 11 is 0. The summed E-state index contributed by atoms with van der Waals surface area (Å²) in [7, 11) is 2.75. The van der Waals surface area contributed by atoms with E-state index in [1.165, 1.54) is 14.2 Å². The van der Waals surface area contributed by atoms with E-state index < -0.39 is 12.1 Å². The topological polar surface area (TPSA) is 76.7 Å². The minimum absolute atomic E-state index is 0.297. The van der Waals surface area contributed by atoms with E-state index >= 15 is 0 Å². The lowest BCUT2D eigenvalue weighted by molar-refractivity contribution is -0.141. The molecular formula is C21H26N2O4. The van der Waals surface area contributed by atoms with Gasteiger partial charge in [0.2, 0.25) is 0 Å². The molecule has 0 radical (unpaired) electrons. The number of rotatable bonds is 8. The molecule has 27 heavy (non-hydrogen) atoms. The smallest absolute Gasteiger partial charge is 0.327 e. The van der Waals surface area contributed by atoms with Gasteiger partial charge in [-0.05, 0) is 55.7 Å². The van der Waals surface area contributed by atoms with E-state index in [0.717, 1.165) is 28.9 Å². The molecule has 0 bridgehead atoms. The van der Waals surface area contributed by atoms with Crippen LogP contribution in [0.2, 0.25) is 0 Å². The first-order chi connectivity index (χ1) is 12.9. The number of esters is 2. The van der Waals surface area contributed by atoms with Crippen molar-refractivity contribution in [3.05, 3.63) is 59.7 Å². The fourth-order valence-electron chi connectivity index (χ4n) is 2.64. The third kappa shape index (κ3) is 6.02. The largest absolute Gasteiger partial charge is 0.467 e. The molecule has 0 fully saturated rings. The van der Waals surface area contributed by atoms with E-state index in [2.05, 4.69) is 10.6 Å². The predicted molar refractivity (Wildman–Crippen MR) is 106 cm³/mol. The number of hydrogen-bond acceptors (Lipinski definition) is 6. The van der Waals surface area contributed by atoms with Crippen molar-refractivity contribution in [1.82, 2.24) is 0 Å². The Labute approximate surface area is 159 Å². The lowest BCUT2D eigenvalue weighted by atomic mass is 10.0. The zero-order valence-electron chi connectivity index (χ0n) is 16.1. The number of carbonyl (C=O) groups is 2. The number of nitrogens with one attached hydrogen (secondary N) is 2. The summed E-state index contributed by atoms with van der Waals surface area (Å²) in [4.78, 5) is 22.9. The molecule has 0 spiro atoms. The summed E-state index contributed by atoms with van der Waals surface area (Å²) in [5, 5.41) is 6.21. The van der Waals surface area contributed by atoms with Crippen LogP contribution in [-0.2, 0) is 25.5 Å². The van der Waals surface area contributed by atoms with Gasteiger partial charge < -0.3 is 20.1 Å². The van der Waals surface area contributed by atoms with E-state index in [1.807, 2.05) is 48.5 Å². The van der Waals surface area contributed by atoms with Crippen LogP contribution in [0.5, 0.6) is 0 Å². The van der Waals surface area contributed by atoms with Crippen molar-refractivity contribution >= 4 is 23.3 Å². The molecule has 0 aliphatic carbocycles. The SMILES string of the molecule is COC(=O)C(C)Nc1ccc(Cc2ccc(NC(C)C(=O)OC)cc2)cc1. The van der Waals surface area contributed by atoms with Crippen LogP contribution >= 0.6 is 0 Å². The van der Waals surface area contributed by atoms with Crippen LogP contribution in [-0.4, -0.2) is 38.2 Å². The maximum absolute atomic E-state index is 11.5. The lowest BCUT2D eigenvalue weighted by Crippen LogP contribution is -2.27. The van der Waals surface area contributed by atoms with Crippen molar-refractivity contribution in [2.45, 2.75) is 32.4 Å². The van der Waals surface area contributed by atoms with Crippen molar-refractivity contribution in [2.75, 3.05) is 24.9 Å². The molecule has 0 aliphatic heterocycles. The molecule has 144 valence electrons. The van der Waals surface area contributed by atoms with Gasteiger partial charge in [-0.25, -0.2) is 9.59 Å². The van der Waals surface area contributed by atoms with Gasteiger partial charge in [0.1, 0.15) is 12.1 Å². The molecule has 2 unspecified atom stereocenters. The van der Waals surface area contributed by atoms with Crippen LogP contribution in [0.4, 0.5) is 11.4 Å². The minimum atomic E-state index is -0.395. The number of methoxy groups -OCH3 is 2.